The first-order chi connectivity index (χ1) is 15.8. The highest BCUT2D eigenvalue weighted by atomic mass is 16.5. The maximum Gasteiger partial charge on any atom is 0.414 e. The van der Waals surface area contributed by atoms with E-state index < -0.39 is 11.9 Å². The van der Waals surface area contributed by atoms with Crippen LogP contribution in [0.1, 0.15) is 43.9 Å². The lowest BCUT2D eigenvalue weighted by Gasteiger charge is -2.32. The molecule has 0 spiro atoms. The second-order valence-corrected chi connectivity index (χ2v) is 7.88. The Morgan fingerprint density at radius 2 is 1.58 bits per heavy atom. The number of aliphatic carboxylic acids is 2. The first-order valence-electron chi connectivity index (χ1n) is 11.1. The van der Waals surface area contributed by atoms with Gasteiger partial charge in [-0.1, -0.05) is 42.5 Å². The molecule has 33 heavy (non-hydrogen) atoms. The molecule has 1 aliphatic rings. The fourth-order valence-electron chi connectivity index (χ4n) is 3.63. The second-order valence-electron chi connectivity index (χ2n) is 7.88. The minimum absolute atomic E-state index is 0.0561. The van der Waals surface area contributed by atoms with E-state index in [1.165, 1.54) is 5.56 Å². The van der Waals surface area contributed by atoms with Crippen LogP contribution in [-0.4, -0.2) is 52.7 Å². The molecule has 0 aliphatic carbocycles. The van der Waals surface area contributed by atoms with E-state index in [-0.39, 0.29) is 17.9 Å². The highest BCUT2D eigenvalue weighted by Gasteiger charge is 2.26. The highest BCUT2D eigenvalue weighted by Crippen LogP contribution is 2.22. The van der Waals surface area contributed by atoms with Crippen LogP contribution in [0.15, 0.2) is 54.6 Å². The van der Waals surface area contributed by atoms with Crippen LogP contribution in [-0.2, 0) is 20.9 Å². The zero-order valence-corrected chi connectivity index (χ0v) is 19.1. The van der Waals surface area contributed by atoms with E-state index in [1.54, 1.807) is 0 Å². The van der Waals surface area contributed by atoms with Crippen LogP contribution in [0.4, 0.5) is 0 Å². The van der Waals surface area contributed by atoms with Gasteiger partial charge < -0.3 is 20.3 Å². The minimum Gasteiger partial charge on any atom is -0.494 e. The van der Waals surface area contributed by atoms with E-state index >= 15 is 0 Å². The van der Waals surface area contributed by atoms with Crippen molar-refractivity contribution in [1.82, 2.24) is 10.2 Å². The summed E-state index contributed by atoms with van der Waals surface area (Å²) < 4.78 is 5.50. The largest absolute Gasteiger partial charge is 0.494 e. The molecule has 8 nitrogen and oxygen atoms in total. The maximum atomic E-state index is 12.6. The fourth-order valence-corrected chi connectivity index (χ4v) is 3.63. The van der Waals surface area contributed by atoms with Crippen molar-refractivity contribution in [2.24, 2.45) is 5.92 Å². The molecule has 3 N–H and O–H groups in total. The molecule has 2 aromatic carbocycles. The summed E-state index contributed by atoms with van der Waals surface area (Å²) >= 11 is 0. The average molecular weight is 457 g/mol. The van der Waals surface area contributed by atoms with Crippen LogP contribution < -0.4 is 10.1 Å². The number of carboxylic acids is 2. The Kier molecular flexibility index (Phi) is 10.4. The van der Waals surface area contributed by atoms with Crippen molar-refractivity contribution in [2.45, 2.75) is 39.3 Å². The van der Waals surface area contributed by atoms with E-state index in [0.29, 0.717) is 6.61 Å². The third-order valence-electron chi connectivity index (χ3n) is 5.44. The van der Waals surface area contributed by atoms with Gasteiger partial charge in [0.15, 0.2) is 0 Å². The van der Waals surface area contributed by atoms with E-state index in [9.17, 15) is 4.79 Å². The molecule has 1 unspecified atom stereocenters. The van der Waals surface area contributed by atoms with Gasteiger partial charge in [0.25, 0.3) is 0 Å². The Balaban J connectivity index is 0.000000569. The topological polar surface area (TPSA) is 116 Å². The summed E-state index contributed by atoms with van der Waals surface area (Å²) in [6.45, 7) is 7.60. The molecule has 1 saturated heterocycles. The predicted molar refractivity (Wildman–Crippen MR) is 124 cm³/mol. The number of likely N-dealkylation sites (tertiary alicyclic amines) is 1. The van der Waals surface area contributed by atoms with Crippen molar-refractivity contribution < 1.29 is 29.3 Å². The van der Waals surface area contributed by atoms with Crippen molar-refractivity contribution in [3.05, 3.63) is 65.7 Å². The van der Waals surface area contributed by atoms with Gasteiger partial charge in [0.1, 0.15) is 5.75 Å². The molecule has 1 fully saturated rings. The van der Waals surface area contributed by atoms with Crippen LogP contribution in [0, 0.1) is 5.92 Å². The van der Waals surface area contributed by atoms with Crippen molar-refractivity contribution >= 4 is 17.8 Å². The van der Waals surface area contributed by atoms with Gasteiger partial charge in [-0.2, -0.15) is 0 Å². The summed E-state index contributed by atoms with van der Waals surface area (Å²) in [7, 11) is 0. The number of hydrogen-bond donors (Lipinski definition) is 3. The molecular formula is C25H32N2O6. The number of carboxylic acid groups (broad SMARTS) is 2. The van der Waals surface area contributed by atoms with Crippen LogP contribution in [0.25, 0.3) is 0 Å². The molecule has 0 radical (unpaired) electrons. The summed E-state index contributed by atoms with van der Waals surface area (Å²) in [5, 5.41) is 18.0. The summed E-state index contributed by atoms with van der Waals surface area (Å²) in [5.74, 6) is -2.42. The van der Waals surface area contributed by atoms with Crippen molar-refractivity contribution in [3.8, 4) is 5.75 Å². The summed E-state index contributed by atoms with van der Waals surface area (Å²) in [5.41, 5.74) is 2.44. The smallest absolute Gasteiger partial charge is 0.414 e. The standard InChI is InChI=1S/C23H30N2O2.C2H2O4/c1-3-27-22-11-9-19(10-12-22)17-25-15-13-21(14-16-25)23(26)24-18(2)20-7-5-4-6-8-20;3-1(4)2(5)6/h4-12,18,21H,3,13-17H2,1-2H3,(H,24,26);(H,3,4)(H,5,6). The van der Waals surface area contributed by atoms with E-state index in [4.69, 9.17) is 24.5 Å². The number of ether oxygens (including phenoxy) is 1. The minimum atomic E-state index is -1.82. The summed E-state index contributed by atoms with van der Waals surface area (Å²) in [4.78, 5) is 33.2. The first-order valence-corrected chi connectivity index (χ1v) is 11.1. The fraction of sp³-hybridized carbons (Fsp3) is 0.400. The normalized spacial score (nSPS) is 15.0. The van der Waals surface area contributed by atoms with Gasteiger partial charge in [-0.3, -0.25) is 9.69 Å². The predicted octanol–water partition coefficient (Wildman–Crippen LogP) is 3.33. The SMILES string of the molecule is CCOc1ccc(CN2CCC(C(=O)NC(C)c3ccccc3)CC2)cc1.O=C(O)C(=O)O. The third-order valence-corrected chi connectivity index (χ3v) is 5.44. The number of rotatable bonds is 7. The molecule has 1 atom stereocenters. The Hall–Kier alpha value is -3.39. The first kappa shape index (κ1) is 25.9. The highest BCUT2D eigenvalue weighted by molar-refractivity contribution is 6.27. The molecule has 1 amide bonds. The molecule has 3 rings (SSSR count). The molecule has 0 saturated carbocycles. The van der Waals surface area contributed by atoms with Crippen molar-refractivity contribution in [1.29, 1.82) is 0 Å². The Morgan fingerprint density at radius 3 is 2.09 bits per heavy atom. The Morgan fingerprint density at radius 1 is 1.00 bits per heavy atom. The Bertz CT molecular complexity index is 881. The molecule has 0 aromatic heterocycles. The quantitative estimate of drug-likeness (QED) is 0.547. The molecule has 1 heterocycles. The van der Waals surface area contributed by atoms with Gasteiger partial charge in [-0.15, -0.1) is 0 Å². The maximum absolute atomic E-state index is 12.6. The van der Waals surface area contributed by atoms with Crippen LogP contribution in [0.5, 0.6) is 5.75 Å². The van der Waals surface area contributed by atoms with E-state index in [2.05, 4.69) is 34.5 Å². The van der Waals surface area contributed by atoms with E-state index in [0.717, 1.165) is 43.8 Å². The molecule has 8 heteroatoms. The van der Waals surface area contributed by atoms with Crippen LogP contribution >= 0.6 is 0 Å². The second kappa shape index (κ2) is 13.2. The van der Waals surface area contributed by atoms with Crippen molar-refractivity contribution in [3.63, 3.8) is 0 Å². The summed E-state index contributed by atoms with van der Waals surface area (Å²) in [6.07, 6.45) is 1.84. The Labute approximate surface area is 194 Å². The molecule has 2 aromatic rings. The van der Waals surface area contributed by atoms with Gasteiger partial charge in [0.2, 0.25) is 5.91 Å². The lowest BCUT2D eigenvalue weighted by Crippen LogP contribution is -2.40. The van der Waals surface area contributed by atoms with Crippen LogP contribution in [0.2, 0.25) is 0 Å². The zero-order valence-electron chi connectivity index (χ0n) is 19.1. The van der Waals surface area contributed by atoms with Gasteiger partial charge in [-0.05, 0) is 63.0 Å². The number of piperidine rings is 1. The number of amides is 1. The third kappa shape index (κ3) is 8.94. The molecule has 178 valence electrons. The number of nitrogens with one attached hydrogen (secondary N) is 1. The molecule has 1 aliphatic heterocycles. The number of carbonyl (C=O) groups is 3. The molecule has 0 bridgehead atoms. The lowest BCUT2D eigenvalue weighted by atomic mass is 9.95. The lowest BCUT2D eigenvalue weighted by molar-refractivity contribution is -0.159. The van der Waals surface area contributed by atoms with Gasteiger partial charge in [0.05, 0.1) is 12.6 Å². The zero-order chi connectivity index (χ0) is 24.2. The van der Waals surface area contributed by atoms with Crippen molar-refractivity contribution in [2.75, 3.05) is 19.7 Å². The van der Waals surface area contributed by atoms with Gasteiger partial charge in [-0.25, -0.2) is 9.59 Å². The number of benzene rings is 2. The van der Waals surface area contributed by atoms with Crippen LogP contribution in [0.3, 0.4) is 0 Å². The summed E-state index contributed by atoms with van der Waals surface area (Å²) in [6, 6.07) is 18.5. The number of nitrogens with zero attached hydrogens (tertiary/aromatic N) is 1. The van der Waals surface area contributed by atoms with Gasteiger partial charge in [0, 0.05) is 12.5 Å². The monoisotopic (exact) mass is 456 g/mol. The number of carbonyl (C=O) groups excluding carboxylic acids is 1. The molecular weight excluding hydrogens is 424 g/mol. The van der Waals surface area contributed by atoms with E-state index in [1.807, 2.05) is 44.2 Å². The van der Waals surface area contributed by atoms with Gasteiger partial charge >= 0.3 is 11.9 Å². The average Bonchev–Trinajstić information content (AvgIpc) is 2.82. The number of hydrogen-bond acceptors (Lipinski definition) is 5.